The van der Waals surface area contributed by atoms with E-state index >= 15 is 0 Å². The van der Waals surface area contributed by atoms with E-state index in [4.69, 9.17) is 5.84 Å². The van der Waals surface area contributed by atoms with Gasteiger partial charge in [0, 0.05) is 24.7 Å². The van der Waals surface area contributed by atoms with E-state index in [1.807, 2.05) is 4.68 Å². The van der Waals surface area contributed by atoms with E-state index in [1.54, 1.807) is 0 Å². The Morgan fingerprint density at radius 3 is 2.67 bits per heavy atom. The Morgan fingerprint density at radius 1 is 1.25 bits per heavy atom. The molecule has 2 heterocycles. The Hall–Kier alpha value is -0.530. The van der Waals surface area contributed by atoms with Gasteiger partial charge >= 0.3 is 0 Å². The van der Waals surface area contributed by atoms with Crippen LogP contribution >= 0.6 is 0 Å². The summed E-state index contributed by atoms with van der Waals surface area (Å²) in [7, 11) is 0. The molecule has 0 amide bonds. The average molecular weight is 164 g/mol. The first-order valence-corrected chi connectivity index (χ1v) is 5.17. The van der Waals surface area contributed by atoms with Crippen molar-refractivity contribution in [2.45, 2.75) is 51.0 Å². The molecule has 1 unspecified atom stereocenters. The van der Waals surface area contributed by atoms with Gasteiger partial charge in [-0.25, -0.2) is 0 Å². The first-order valence-electron chi connectivity index (χ1n) is 5.17. The number of nitrogens with zero attached hydrogens (tertiary/aromatic N) is 1. The van der Waals surface area contributed by atoms with Crippen LogP contribution in [0, 0.1) is 5.41 Å². The molecule has 2 bridgehead atoms. The van der Waals surface area contributed by atoms with E-state index in [-0.39, 0.29) is 0 Å². The highest BCUT2D eigenvalue weighted by molar-refractivity contribution is 5.81. The third-order valence-electron chi connectivity index (χ3n) is 4.33. The van der Waals surface area contributed by atoms with Crippen molar-refractivity contribution in [2.75, 3.05) is 0 Å². The van der Waals surface area contributed by atoms with Crippen molar-refractivity contribution in [1.82, 2.24) is 0 Å². The lowest BCUT2D eigenvalue weighted by atomic mass is 9.67. The maximum Gasteiger partial charge on any atom is 0.152 e. The van der Waals surface area contributed by atoms with E-state index < -0.39 is 0 Å². The predicted molar refractivity (Wildman–Crippen MR) is 48.1 cm³/mol. The lowest BCUT2D eigenvalue weighted by Gasteiger charge is -2.43. The minimum absolute atomic E-state index is 0.587. The summed E-state index contributed by atoms with van der Waals surface area (Å²) in [5.41, 5.74) is 2.01. The van der Waals surface area contributed by atoms with E-state index in [0.717, 1.165) is 0 Å². The van der Waals surface area contributed by atoms with Gasteiger partial charge < -0.3 is 5.84 Å². The molecule has 1 spiro atoms. The van der Waals surface area contributed by atoms with Gasteiger partial charge in [0.05, 0.1) is 0 Å². The van der Waals surface area contributed by atoms with Crippen LogP contribution in [0.4, 0.5) is 0 Å². The molecular formula is C10H16N2. The Morgan fingerprint density at radius 2 is 2.00 bits per heavy atom. The van der Waals surface area contributed by atoms with Crippen LogP contribution in [0.25, 0.3) is 5.84 Å². The first-order chi connectivity index (χ1) is 5.82. The van der Waals surface area contributed by atoms with E-state index in [1.165, 1.54) is 50.7 Å². The quantitative estimate of drug-likeness (QED) is 0.492. The van der Waals surface area contributed by atoms with Crippen LogP contribution < -0.4 is 0 Å². The molecule has 1 N–H and O–H groups in total. The molecule has 4 aliphatic rings. The fourth-order valence-electron chi connectivity index (χ4n) is 3.60. The zero-order valence-corrected chi connectivity index (χ0v) is 7.47. The van der Waals surface area contributed by atoms with Gasteiger partial charge in [0.25, 0.3) is 0 Å². The first kappa shape index (κ1) is 6.93. The molecule has 2 nitrogen and oxygen atoms in total. The Kier molecular flexibility index (Phi) is 1.18. The fourth-order valence-corrected chi connectivity index (χ4v) is 3.60. The normalized spacial score (nSPS) is 45.2. The predicted octanol–water partition coefficient (Wildman–Crippen LogP) is 2.53. The second-order valence-electron chi connectivity index (χ2n) is 4.71. The van der Waals surface area contributed by atoms with Crippen LogP contribution in [-0.2, 0) is 0 Å². The van der Waals surface area contributed by atoms with Crippen molar-refractivity contribution >= 4 is 5.71 Å². The van der Waals surface area contributed by atoms with Crippen molar-refractivity contribution in [3.63, 3.8) is 0 Å². The lowest BCUT2D eigenvalue weighted by molar-refractivity contribution is -0.534. The second-order valence-corrected chi connectivity index (χ2v) is 4.71. The number of hydrogen-bond acceptors (Lipinski definition) is 0. The standard InChI is InChI=1S/C10H16N2/c11-12-8-3-6-10(7-4-8)5-1-2-9(10)12/h9,11H,1-7H2. The smallest absolute Gasteiger partial charge is 0.152 e. The van der Waals surface area contributed by atoms with Crippen LogP contribution in [0.1, 0.15) is 44.9 Å². The molecule has 66 valence electrons. The summed E-state index contributed by atoms with van der Waals surface area (Å²) in [5, 5.41) is 0. The molecular weight excluding hydrogens is 148 g/mol. The van der Waals surface area contributed by atoms with Crippen LogP contribution in [0.15, 0.2) is 0 Å². The molecule has 2 aliphatic carbocycles. The van der Waals surface area contributed by atoms with Crippen molar-refractivity contribution in [1.29, 1.82) is 0 Å². The summed E-state index contributed by atoms with van der Waals surface area (Å²) >= 11 is 0. The van der Waals surface area contributed by atoms with E-state index in [2.05, 4.69) is 0 Å². The Balaban J connectivity index is 2.10. The van der Waals surface area contributed by atoms with Gasteiger partial charge in [-0.3, -0.25) is 4.68 Å². The molecule has 0 aromatic carbocycles. The maximum absolute atomic E-state index is 7.98. The fraction of sp³-hybridized carbons (Fsp3) is 0.900. The highest BCUT2D eigenvalue weighted by Crippen LogP contribution is 2.52. The zero-order chi connectivity index (χ0) is 8.18. The zero-order valence-electron chi connectivity index (χ0n) is 7.47. The molecule has 1 atom stereocenters. The molecule has 2 fully saturated rings. The van der Waals surface area contributed by atoms with Crippen LogP contribution in [0.5, 0.6) is 0 Å². The van der Waals surface area contributed by atoms with Crippen molar-refractivity contribution in [3.8, 4) is 0 Å². The molecule has 0 radical (unpaired) electrons. The van der Waals surface area contributed by atoms with Gasteiger partial charge in [-0.15, -0.1) is 0 Å². The van der Waals surface area contributed by atoms with Gasteiger partial charge in [-0.1, -0.05) is 0 Å². The molecule has 4 rings (SSSR count). The summed E-state index contributed by atoms with van der Waals surface area (Å²) in [6, 6.07) is 0.606. The molecule has 0 aromatic rings. The second kappa shape index (κ2) is 2.04. The summed E-state index contributed by atoms with van der Waals surface area (Å²) in [5.74, 6) is 7.98. The summed E-state index contributed by atoms with van der Waals surface area (Å²) < 4.78 is 1.88. The highest BCUT2D eigenvalue weighted by atomic mass is 15.4. The largest absolute Gasteiger partial charge is 0.454 e. The lowest BCUT2D eigenvalue weighted by Crippen LogP contribution is -2.48. The maximum atomic E-state index is 7.98. The van der Waals surface area contributed by atoms with E-state index in [9.17, 15) is 0 Å². The minimum Gasteiger partial charge on any atom is -0.454 e. The molecule has 12 heavy (non-hydrogen) atoms. The van der Waals surface area contributed by atoms with Crippen LogP contribution in [0.3, 0.4) is 0 Å². The monoisotopic (exact) mass is 164 g/mol. The third-order valence-corrected chi connectivity index (χ3v) is 4.33. The van der Waals surface area contributed by atoms with Crippen LogP contribution in [-0.4, -0.2) is 16.4 Å². The van der Waals surface area contributed by atoms with Crippen molar-refractivity contribution < 1.29 is 4.68 Å². The number of hydrogen-bond donors (Lipinski definition) is 0. The Labute approximate surface area is 73.4 Å². The molecule has 2 aliphatic heterocycles. The van der Waals surface area contributed by atoms with E-state index in [0.29, 0.717) is 11.5 Å². The van der Waals surface area contributed by atoms with Crippen molar-refractivity contribution in [3.05, 3.63) is 5.84 Å². The topological polar surface area (TPSA) is 26.8 Å². The van der Waals surface area contributed by atoms with Crippen molar-refractivity contribution in [2.24, 2.45) is 5.41 Å². The van der Waals surface area contributed by atoms with Gasteiger partial charge in [-0.2, -0.15) is 0 Å². The molecule has 2 saturated carbocycles. The summed E-state index contributed by atoms with van der Waals surface area (Å²) in [4.78, 5) is 0. The molecule has 0 saturated heterocycles. The van der Waals surface area contributed by atoms with Gasteiger partial charge in [0.1, 0.15) is 5.71 Å². The Bertz CT molecular complexity index is 245. The van der Waals surface area contributed by atoms with Gasteiger partial charge in [0.2, 0.25) is 0 Å². The summed E-state index contributed by atoms with van der Waals surface area (Å²) in [6.45, 7) is 0. The average Bonchev–Trinajstić information content (AvgIpc) is 2.51. The van der Waals surface area contributed by atoms with Gasteiger partial charge in [0.15, 0.2) is 6.04 Å². The van der Waals surface area contributed by atoms with Crippen LogP contribution in [0.2, 0.25) is 0 Å². The minimum atomic E-state index is 0.587. The van der Waals surface area contributed by atoms with Gasteiger partial charge in [-0.05, 0) is 25.7 Å². The molecule has 0 aromatic heterocycles. The SMILES string of the molecule is [NH-][N+]1=C2CCC3(CCCC13)CC2. The summed E-state index contributed by atoms with van der Waals surface area (Å²) in [6.07, 6.45) is 9.28. The number of rotatable bonds is 0. The third kappa shape index (κ3) is 0.644. The molecule has 2 heteroatoms. The highest BCUT2D eigenvalue weighted by Gasteiger charge is 2.53. The number of fused-ring (bicyclic) bond motifs is 2. The number of nitrogens with one attached hydrogen (secondary N) is 1.